The Morgan fingerprint density at radius 3 is 2.86 bits per heavy atom. The van der Waals surface area contributed by atoms with Gasteiger partial charge in [0, 0.05) is 12.1 Å². The first kappa shape index (κ1) is 15.0. The minimum absolute atomic E-state index is 0.0258. The summed E-state index contributed by atoms with van der Waals surface area (Å²) in [7, 11) is 0. The van der Waals surface area contributed by atoms with E-state index in [0.29, 0.717) is 0 Å². The van der Waals surface area contributed by atoms with Crippen LogP contribution < -0.4 is 16.6 Å². The van der Waals surface area contributed by atoms with Crippen molar-refractivity contribution in [1.29, 1.82) is 0 Å². The largest absolute Gasteiger partial charge is 0.383 e. The Labute approximate surface area is 121 Å². The lowest BCUT2D eigenvalue weighted by Crippen LogP contribution is -2.16. The van der Waals surface area contributed by atoms with Crippen molar-refractivity contribution >= 4 is 29.2 Å². The average molecular weight is 312 g/mol. The number of hydrogen-bond donors (Lipinski definition) is 3. The van der Waals surface area contributed by atoms with Crippen molar-refractivity contribution in [2.45, 2.75) is 5.16 Å². The van der Waals surface area contributed by atoms with Gasteiger partial charge in [-0.05, 0) is 12.1 Å². The quantitative estimate of drug-likeness (QED) is 0.584. The zero-order valence-electron chi connectivity index (χ0n) is 10.5. The predicted octanol–water partition coefficient (Wildman–Crippen LogP) is 1.36. The van der Waals surface area contributed by atoms with Crippen molar-refractivity contribution in [1.82, 2.24) is 9.97 Å². The molecule has 0 fully saturated rings. The van der Waals surface area contributed by atoms with Crippen LogP contribution in [0.3, 0.4) is 0 Å². The first-order chi connectivity index (χ1) is 9.94. The highest BCUT2D eigenvalue weighted by molar-refractivity contribution is 7.99. The molecule has 0 aliphatic carbocycles. The smallest absolute Gasteiger partial charge is 0.253 e. The minimum atomic E-state index is -0.745. The van der Waals surface area contributed by atoms with Crippen molar-refractivity contribution in [2.75, 3.05) is 16.8 Å². The Morgan fingerprint density at radius 2 is 2.14 bits per heavy atom. The lowest BCUT2D eigenvalue weighted by molar-refractivity contribution is -0.113. The van der Waals surface area contributed by atoms with Gasteiger partial charge in [0.05, 0.1) is 11.4 Å². The summed E-state index contributed by atoms with van der Waals surface area (Å²) < 4.78 is 26.3. The molecule has 21 heavy (non-hydrogen) atoms. The summed E-state index contributed by atoms with van der Waals surface area (Å²) in [6.07, 6.45) is 0. The third-order valence-electron chi connectivity index (χ3n) is 2.28. The van der Waals surface area contributed by atoms with Gasteiger partial charge in [0.2, 0.25) is 5.91 Å². The lowest BCUT2D eigenvalue weighted by Gasteiger charge is -2.06. The van der Waals surface area contributed by atoms with Gasteiger partial charge in [0.25, 0.3) is 5.56 Å². The Hall–Kier alpha value is -2.42. The first-order valence-electron chi connectivity index (χ1n) is 5.68. The molecule has 6 nitrogen and oxygen atoms in total. The van der Waals surface area contributed by atoms with Gasteiger partial charge in [-0.2, -0.15) is 0 Å². The number of aromatic nitrogens is 2. The Balaban J connectivity index is 1.99. The summed E-state index contributed by atoms with van der Waals surface area (Å²) in [5, 5.41) is 2.39. The number of anilines is 2. The van der Waals surface area contributed by atoms with Crippen molar-refractivity contribution < 1.29 is 13.6 Å². The number of nitrogens with two attached hydrogens (primary N) is 1. The first-order valence-corrected chi connectivity index (χ1v) is 6.67. The molecule has 0 atom stereocenters. The fourth-order valence-corrected chi connectivity index (χ4v) is 2.12. The number of thioether (sulfide) groups is 1. The van der Waals surface area contributed by atoms with Crippen LogP contribution in [0.25, 0.3) is 0 Å². The van der Waals surface area contributed by atoms with Crippen molar-refractivity contribution in [3.05, 3.63) is 46.3 Å². The van der Waals surface area contributed by atoms with Crippen LogP contribution >= 0.6 is 11.8 Å². The fraction of sp³-hybridized carbons (Fsp3) is 0.0833. The van der Waals surface area contributed by atoms with Crippen LogP contribution in [0.1, 0.15) is 0 Å². The molecule has 0 bridgehead atoms. The van der Waals surface area contributed by atoms with Crippen molar-refractivity contribution in [3.8, 4) is 0 Å². The highest BCUT2D eigenvalue weighted by Crippen LogP contribution is 2.17. The second-order valence-corrected chi connectivity index (χ2v) is 4.90. The maximum atomic E-state index is 13.3. The van der Waals surface area contributed by atoms with E-state index in [1.807, 2.05) is 0 Å². The van der Waals surface area contributed by atoms with Crippen molar-refractivity contribution in [2.24, 2.45) is 0 Å². The van der Waals surface area contributed by atoms with Crippen LogP contribution in [-0.2, 0) is 4.79 Å². The van der Waals surface area contributed by atoms with Gasteiger partial charge >= 0.3 is 0 Å². The monoisotopic (exact) mass is 312 g/mol. The molecule has 2 rings (SSSR count). The maximum Gasteiger partial charge on any atom is 0.253 e. The molecule has 0 spiro atoms. The van der Waals surface area contributed by atoms with E-state index in [-0.39, 0.29) is 22.4 Å². The summed E-state index contributed by atoms with van der Waals surface area (Å²) in [5.74, 6) is -2.11. The van der Waals surface area contributed by atoms with Crippen LogP contribution in [-0.4, -0.2) is 21.6 Å². The standard InChI is InChI=1S/C12H10F2N4O2S/c13-6-1-2-7(14)8(3-6)16-11(20)5-21-12-17-9(15)4-10(19)18-12/h1-4H,5H2,(H,16,20)(H3,15,17,18,19). The zero-order chi connectivity index (χ0) is 15.4. The number of H-pyrrole nitrogens is 1. The molecule has 0 saturated heterocycles. The molecule has 9 heteroatoms. The van der Waals surface area contributed by atoms with E-state index in [1.165, 1.54) is 0 Å². The van der Waals surface area contributed by atoms with E-state index >= 15 is 0 Å². The Morgan fingerprint density at radius 1 is 1.38 bits per heavy atom. The molecule has 0 aliphatic rings. The fourth-order valence-electron chi connectivity index (χ4n) is 1.44. The second kappa shape index (κ2) is 6.35. The summed E-state index contributed by atoms with van der Waals surface area (Å²) in [5.41, 5.74) is 4.69. The van der Waals surface area contributed by atoms with Crippen LogP contribution in [0.2, 0.25) is 0 Å². The van der Waals surface area contributed by atoms with Crippen LogP contribution in [0.4, 0.5) is 20.3 Å². The highest BCUT2D eigenvalue weighted by atomic mass is 32.2. The molecule has 2 aromatic rings. The summed E-state index contributed by atoms with van der Waals surface area (Å²) in [6, 6.07) is 3.83. The molecular formula is C12H10F2N4O2S. The van der Waals surface area contributed by atoms with Crippen molar-refractivity contribution in [3.63, 3.8) is 0 Å². The lowest BCUT2D eigenvalue weighted by atomic mass is 10.3. The molecule has 110 valence electrons. The minimum Gasteiger partial charge on any atom is -0.383 e. The van der Waals surface area contributed by atoms with Crippen LogP contribution in [0.5, 0.6) is 0 Å². The number of nitrogens with zero attached hydrogens (tertiary/aromatic N) is 1. The second-order valence-electron chi connectivity index (χ2n) is 3.94. The summed E-state index contributed by atoms with van der Waals surface area (Å²) in [6.45, 7) is 0. The third-order valence-corrected chi connectivity index (χ3v) is 3.16. The molecule has 0 radical (unpaired) electrons. The van der Waals surface area contributed by atoms with Gasteiger partial charge in [-0.25, -0.2) is 13.8 Å². The maximum absolute atomic E-state index is 13.3. The van der Waals surface area contributed by atoms with E-state index in [4.69, 9.17) is 5.73 Å². The molecule has 0 unspecified atom stereocenters. The number of carbonyl (C=O) groups excluding carboxylic acids is 1. The van der Waals surface area contributed by atoms with E-state index in [2.05, 4.69) is 15.3 Å². The van der Waals surface area contributed by atoms with Gasteiger partial charge < -0.3 is 16.0 Å². The Bertz CT molecular complexity index is 735. The number of carbonyl (C=O) groups is 1. The topological polar surface area (TPSA) is 101 Å². The number of aromatic amines is 1. The third kappa shape index (κ3) is 4.28. The molecule has 1 aromatic heterocycles. The normalized spacial score (nSPS) is 10.4. The van der Waals surface area contributed by atoms with E-state index in [0.717, 1.165) is 36.0 Å². The number of amides is 1. The van der Waals surface area contributed by atoms with E-state index < -0.39 is 23.1 Å². The van der Waals surface area contributed by atoms with Gasteiger partial charge in [-0.1, -0.05) is 11.8 Å². The number of nitrogens with one attached hydrogen (secondary N) is 2. The number of benzene rings is 1. The van der Waals surface area contributed by atoms with E-state index in [9.17, 15) is 18.4 Å². The number of nitrogen functional groups attached to an aromatic ring is 1. The van der Waals surface area contributed by atoms with Crippen LogP contribution in [0, 0.1) is 11.6 Å². The van der Waals surface area contributed by atoms with E-state index in [1.54, 1.807) is 0 Å². The summed E-state index contributed by atoms with van der Waals surface area (Å²) >= 11 is 0.911. The predicted molar refractivity (Wildman–Crippen MR) is 75.0 cm³/mol. The molecule has 1 aromatic carbocycles. The van der Waals surface area contributed by atoms with Crippen LogP contribution in [0.15, 0.2) is 34.2 Å². The molecule has 1 amide bonds. The number of hydrogen-bond acceptors (Lipinski definition) is 5. The Kier molecular flexibility index (Phi) is 4.53. The van der Waals surface area contributed by atoms with Gasteiger partial charge in [-0.3, -0.25) is 9.59 Å². The van der Waals surface area contributed by atoms with Gasteiger partial charge in [0.1, 0.15) is 17.5 Å². The summed E-state index contributed by atoms with van der Waals surface area (Å²) in [4.78, 5) is 29.0. The molecular weight excluding hydrogens is 302 g/mol. The average Bonchev–Trinajstić information content (AvgIpc) is 2.40. The van der Waals surface area contributed by atoms with Gasteiger partial charge in [-0.15, -0.1) is 0 Å². The van der Waals surface area contributed by atoms with Gasteiger partial charge in [0.15, 0.2) is 5.16 Å². The molecule has 0 aliphatic heterocycles. The number of rotatable bonds is 4. The zero-order valence-corrected chi connectivity index (χ0v) is 11.3. The molecule has 1 heterocycles. The molecule has 4 N–H and O–H groups in total. The highest BCUT2D eigenvalue weighted by Gasteiger charge is 2.10. The molecule has 0 saturated carbocycles. The SMILES string of the molecule is Nc1cc(=O)[nH]c(SCC(=O)Nc2cc(F)ccc2F)n1. The number of halogens is 2.